The van der Waals surface area contributed by atoms with Gasteiger partial charge in [-0.1, -0.05) is 11.6 Å². The Morgan fingerprint density at radius 1 is 1.32 bits per heavy atom. The minimum atomic E-state index is -0.417. The molecule has 100 valence electrons. The molecule has 1 aromatic carbocycles. The lowest BCUT2D eigenvalue weighted by atomic mass is 9.97. The predicted molar refractivity (Wildman–Crippen MR) is 73.7 cm³/mol. The van der Waals surface area contributed by atoms with Gasteiger partial charge in [-0.2, -0.15) is 0 Å². The third kappa shape index (κ3) is 2.63. The van der Waals surface area contributed by atoms with Crippen LogP contribution in [-0.2, 0) is 9.53 Å². The van der Waals surface area contributed by atoms with Gasteiger partial charge < -0.3 is 9.47 Å². The van der Waals surface area contributed by atoms with Crippen LogP contribution in [0.15, 0.2) is 24.3 Å². The number of ether oxygens (including phenoxy) is 2. The number of carbonyl (C=O) groups is 1. The molecule has 0 aliphatic carbocycles. The summed E-state index contributed by atoms with van der Waals surface area (Å²) in [7, 11) is 2.96. The number of fused-ring (bicyclic) bond motifs is 1. The number of nitrogens with zero attached hydrogens (tertiary/aromatic N) is 1. The minimum absolute atomic E-state index is 0.314. The average molecular weight is 280 g/mol. The number of aromatic nitrogens is 1. The van der Waals surface area contributed by atoms with E-state index in [0.717, 1.165) is 16.5 Å². The number of methoxy groups -OCH3 is 2. The maximum atomic E-state index is 11.7. The molecule has 0 aliphatic heterocycles. The highest BCUT2D eigenvalue weighted by Crippen LogP contribution is 2.30. The van der Waals surface area contributed by atoms with Gasteiger partial charge in [-0.15, -0.1) is 0 Å². The van der Waals surface area contributed by atoms with Crippen LogP contribution in [0.5, 0.6) is 5.75 Å². The molecule has 0 bridgehead atoms. The second-order valence-electron chi connectivity index (χ2n) is 4.16. The summed E-state index contributed by atoms with van der Waals surface area (Å²) >= 11 is 5.99. The lowest BCUT2D eigenvalue weighted by Crippen LogP contribution is -2.11. The van der Waals surface area contributed by atoms with Crippen LogP contribution in [0.4, 0.5) is 0 Å². The predicted octanol–water partition coefficient (Wildman–Crippen LogP) is 3.17. The number of pyridine rings is 1. The van der Waals surface area contributed by atoms with E-state index in [4.69, 9.17) is 21.1 Å². The Labute approximate surface area is 116 Å². The summed E-state index contributed by atoms with van der Waals surface area (Å²) in [5.74, 6) is -0.0265. The van der Waals surface area contributed by atoms with E-state index in [0.29, 0.717) is 10.9 Å². The average Bonchev–Trinajstić information content (AvgIpc) is 2.44. The smallest absolute Gasteiger partial charge is 0.312 e. The lowest BCUT2D eigenvalue weighted by Gasteiger charge is -2.13. The Kier molecular flexibility index (Phi) is 3.90. The fraction of sp³-hybridized carbons (Fsp3) is 0.286. The maximum absolute atomic E-state index is 11.7. The van der Waals surface area contributed by atoms with Crippen molar-refractivity contribution < 1.29 is 14.3 Å². The maximum Gasteiger partial charge on any atom is 0.312 e. The zero-order chi connectivity index (χ0) is 14.0. The van der Waals surface area contributed by atoms with Crippen LogP contribution >= 0.6 is 11.6 Å². The summed E-state index contributed by atoms with van der Waals surface area (Å²) in [5, 5.41) is 1.19. The number of hydrogen-bond acceptors (Lipinski definition) is 4. The van der Waals surface area contributed by atoms with Crippen LogP contribution in [0.25, 0.3) is 10.9 Å². The third-order valence-corrected chi connectivity index (χ3v) is 3.23. The van der Waals surface area contributed by atoms with Crippen LogP contribution in [0.2, 0.25) is 5.15 Å². The summed E-state index contributed by atoms with van der Waals surface area (Å²) in [6.07, 6.45) is 0. The molecular weight excluding hydrogens is 266 g/mol. The number of hydrogen-bond donors (Lipinski definition) is 0. The molecule has 1 aromatic heterocycles. The van der Waals surface area contributed by atoms with Gasteiger partial charge in [0, 0.05) is 5.39 Å². The number of carbonyl (C=O) groups excluding carboxylic acids is 1. The van der Waals surface area contributed by atoms with E-state index in [1.165, 1.54) is 7.11 Å². The Hall–Kier alpha value is -1.81. The number of esters is 1. The summed E-state index contributed by atoms with van der Waals surface area (Å²) in [6.45, 7) is 1.77. The van der Waals surface area contributed by atoms with E-state index in [1.807, 2.05) is 12.1 Å². The van der Waals surface area contributed by atoms with Gasteiger partial charge in [0.1, 0.15) is 10.9 Å². The van der Waals surface area contributed by atoms with Gasteiger partial charge in [-0.25, -0.2) is 4.98 Å². The van der Waals surface area contributed by atoms with Crippen LogP contribution in [-0.4, -0.2) is 25.2 Å². The molecule has 4 nitrogen and oxygen atoms in total. The summed E-state index contributed by atoms with van der Waals surface area (Å²) in [5.41, 5.74) is 1.50. The van der Waals surface area contributed by atoms with Crippen molar-refractivity contribution in [3.05, 3.63) is 35.0 Å². The van der Waals surface area contributed by atoms with Gasteiger partial charge in [0.15, 0.2) is 0 Å². The van der Waals surface area contributed by atoms with Crippen LogP contribution in [0.1, 0.15) is 18.4 Å². The molecule has 0 saturated carbocycles. The normalized spacial score (nSPS) is 12.2. The number of halogens is 1. The molecule has 0 spiro atoms. The first-order chi connectivity index (χ1) is 9.06. The van der Waals surface area contributed by atoms with Crippen molar-refractivity contribution in [3.63, 3.8) is 0 Å². The molecule has 19 heavy (non-hydrogen) atoms. The Balaban J connectivity index is 2.66. The standard InChI is InChI=1S/C14H14ClNO3/c1-8(14(17)19-3)10-7-13(15)16-12-5-4-9(18-2)6-11(10)12/h4-8H,1-3H3. The van der Waals surface area contributed by atoms with Gasteiger partial charge in [-0.05, 0) is 36.8 Å². The van der Waals surface area contributed by atoms with E-state index < -0.39 is 5.92 Å². The molecule has 2 aromatic rings. The minimum Gasteiger partial charge on any atom is -0.497 e. The molecule has 1 unspecified atom stereocenters. The second kappa shape index (κ2) is 5.45. The molecule has 0 amide bonds. The number of benzene rings is 1. The van der Waals surface area contributed by atoms with E-state index in [-0.39, 0.29) is 5.97 Å². The monoisotopic (exact) mass is 279 g/mol. The molecule has 5 heteroatoms. The van der Waals surface area contributed by atoms with Crippen molar-refractivity contribution >= 4 is 28.5 Å². The summed E-state index contributed by atoms with van der Waals surface area (Å²) < 4.78 is 9.98. The SMILES string of the molecule is COC(=O)C(C)c1cc(Cl)nc2ccc(OC)cc12. The molecule has 1 atom stereocenters. The highest BCUT2D eigenvalue weighted by atomic mass is 35.5. The van der Waals surface area contributed by atoms with Crippen molar-refractivity contribution in [2.24, 2.45) is 0 Å². The van der Waals surface area contributed by atoms with Crippen molar-refractivity contribution in [2.75, 3.05) is 14.2 Å². The van der Waals surface area contributed by atoms with E-state index in [1.54, 1.807) is 26.2 Å². The molecule has 0 fully saturated rings. The highest BCUT2D eigenvalue weighted by molar-refractivity contribution is 6.30. The van der Waals surface area contributed by atoms with E-state index >= 15 is 0 Å². The highest BCUT2D eigenvalue weighted by Gasteiger charge is 2.19. The summed E-state index contributed by atoms with van der Waals surface area (Å²) in [6, 6.07) is 7.14. The third-order valence-electron chi connectivity index (χ3n) is 3.04. The lowest BCUT2D eigenvalue weighted by molar-refractivity contribution is -0.141. The molecule has 2 rings (SSSR count). The Bertz CT molecular complexity index is 627. The first-order valence-corrected chi connectivity index (χ1v) is 6.16. The molecule has 1 heterocycles. The fourth-order valence-electron chi connectivity index (χ4n) is 1.99. The molecular formula is C14H14ClNO3. The van der Waals surface area contributed by atoms with Crippen molar-refractivity contribution in [3.8, 4) is 5.75 Å². The van der Waals surface area contributed by atoms with Crippen LogP contribution in [0, 0.1) is 0 Å². The van der Waals surface area contributed by atoms with Crippen molar-refractivity contribution in [1.82, 2.24) is 4.98 Å². The Morgan fingerprint density at radius 3 is 2.68 bits per heavy atom. The first kappa shape index (κ1) is 13.6. The summed E-state index contributed by atoms with van der Waals surface area (Å²) in [4.78, 5) is 15.9. The van der Waals surface area contributed by atoms with E-state index in [9.17, 15) is 4.79 Å². The Morgan fingerprint density at radius 2 is 2.05 bits per heavy atom. The molecule has 0 radical (unpaired) electrons. The second-order valence-corrected chi connectivity index (χ2v) is 4.55. The largest absolute Gasteiger partial charge is 0.497 e. The fourth-order valence-corrected chi connectivity index (χ4v) is 2.19. The van der Waals surface area contributed by atoms with Crippen molar-refractivity contribution in [2.45, 2.75) is 12.8 Å². The zero-order valence-electron chi connectivity index (χ0n) is 10.9. The van der Waals surface area contributed by atoms with Gasteiger partial charge in [0.2, 0.25) is 0 Å². The van der Waals surface area contributed by atoms with Gasteiger partial charge in [0.25, 0.3) is 0 Å². The van der Waals surface area contributed by atoms with Crippen molar-refractivity contribution in [1.29, 1.82) is 0 Å². The van der Waals surface area contributed by atoms with Crippen LogP contribution in [0.3, 0.4) is 0 Å². The molecule has 0 aliphatic rings. The first-order valence-electron chi connectivity index (χ1n) is 5.79. The van der Waals surface area contributed by atoms with Crippen LogP contribution < -0.4 is 4.74 Å². The zero-order valence-corrected chi connectivity index (χ0v) is 11.7. The molecule has 0 N–H and O–H groups in total. The van der Waals surface area contributed by atoms with E-state index in [2.05, 4.69) is 4.98 Å². The number of rotatable bonds is 3. The van der Waals surface area contributed by atoms with Gasteiger partial charge in [-0.3, -0.25) is 4.79 Å². The molecule has 0 saturated heterocycles. The topological polar surface area (TPSA) is 48.4 Å². The quantitative estimate of drug-likeness (QED) is 0.639. The van der Waals surface area contributed by atoms with Gasteiger partial charge in [0.05, 0.1) is 25.7 Å². The van der Waals surface area contributed by atoms with Gasteiger partial charge >= 0.3 is 5.97 Å².